The van der Waals surface area contributed by atoms with Crippen molar-refractivity contribution in [2.24, 2.45) is 16.1 Å². The van der Waals surface area contributed by atoms with Crippen LogP contribution in [0.2, 0.25) is 0 Å². The van der Waals surface area contributed by atoms with Gasteiger partial charge in [0.2, 0.25) is 5.82 Å². The van der Waals surface area contributed by atoms with Crippen LogP contribution in [0, 0.1) is 12.3 Å². The number of H-pyrrole nitrogens is 1. The molecule has 1 heterocycles. The minimum atomic E-state index is -0.638. The Hall–Kier alpha value is -2.36. The molecule has 7 heteroatoms. The van der Waals surface area contributed by atoms with Crippen LogP contribution in [-0.2, 0) is 0 Å². The first-order chi connectivity index (χ1) is 7.15. The van der Waals surface area contributed by atoms with Crippen molar-refractivity contribution in [1.29, 1.82) is 0 Å². The highest BCUT2D eigenvalue weighted by Gasteiger charge is 2.09. The molecule has 0 saturated carbocycles. The van der Waals surface area contributed by atoms with E-state index >= 15 is 0 Å². The number of terminal acetylenes is 1. The molecule has 1 aromatic rings. The number of hydrogen-bond donors (Lipinski definition) is 2. The number of imidazole rings is 1. The lowest BCUT2D eigenvalue weighted by atomic mass is 10.4. The monoisotopic (exact) mass is 206 g/mol. The highest BCUT2D eigenvalue weighted by Crippen LogP contribution is 2.13. The van der Waals surface area contributed by atoms with Gasteiger partial charge < -0.3 is 10.7 Å². The first kappa shape index (κ1) is 10.7. The number of carbonyl (C=O) groups is 1. The molecule has 1 rings (SSSR count). The molecule has 0 saturated heterocycles. The number of hydrogen-bond acceptors (Lipinski definition) is 4. The lowest BCUT2D eigenvalue weighted by Gasteiger charge is -2.04. The highest BCUT2D eigenvalue weighted by atomic mass is 16.1. The fourth-order valence-electron chi connectivity index (χ4n) is 0.827. The van der Waals surface area contributed by atoms with E-state index < -0.39 is 5.91 Å². The van der Waals surface area contributed by atoms with Gasteiger partial charge in [0.1, 0.15) is 0 Å². The van der Waals surface area contributed by atoms with Gasteiger partial charge in [0.15, 0.2) is 5.69 Å². The lowest BCUT2D eigenvalue weighted by Crippen LogP contribution is -2.12. The first-order valence-corrected chi connectivity index (χ1v) is 4.04. The highest BCUT2D eigenvalue weighted by molar-refractivity contribution is 5.94. The van der Waals surface area contributed by atoms with E-state index in [1.54, 1.807) is 7.05 Å². The Morgan fingerprint density at radius 2 is 2.60 bits per heavy atom. The second-order valence-electron chi connectivity index (χ2n) is 2.67. The number of nitrogens with two attached hydrogens (primary N) is 1. The third kappa shape index (κ3) is 2.80. The van der Waals surface area contributed by atoms with Gasteiger partial charge in [-0.05, 0) is 0 Å². The first-order valence-electron chi connectivity index (χ1n) is 4.04. The van der Waals surface area contributed by atoms with Gasteiger partial charge in [-0.1, -0.05) is 11.1 Å². The Labute approximate surface area is 86.4 Å². The maximum absolute atomic E-state index is 10.9. The third-order valence-electron chi connectivity index (χ3n) is 1.48. The normalized spacial score (nSPS) is 10.1. The van der Waals surface area contributed by atoms with Gasteiger partial charge in [0, 0.05) is 7.05 Å². The van der Waals surface area contributed by atoms with E-state index in [2.05, 4.69) is 26.2 Å². The SMILES string of the molecule is C#CCN(C)/N=N\c1nc[nH]c1C(N)=O. The Kier molecular flexibility index (Phi) is 3.40. The molecule has 78 valence electrons. The molecule has 1 amide bonds. The molecule has 0 atom stereocenters. The molecule has 0 aliphatic carbocycles. The minimum Gasteiger partial charge on any atom is -0.364 e. The Balaban J connectivity index is 2.77. The average molecular weight is 206 g/mol. The maximum atomic E-state index is 10.9. The topological polar surface area (TPSA) is 99.7 Å². The summed E-state index contributed by atoms with van der Waals surface area (Å²) in [4.78, 5) is 17.2. The van der Waals surface area contributed by atoms with Crippen LogP contribution in [0.4, 0.5) is 5.82 Å². The van der Waals surface area contributed by atoms with Crippen LogP contribution in [0.1, 0.15) is 10.5 Å². The zero-order valence-corrected chi connectivity index (χ0v) is 8.14. The van der Waals surface area contributed by atoms with Crippen molar-refractivity contribution >= 4 is 11.7 Å². The van der Waals surface area contributed by atoms with Crippen LogP contribution in [-0.4, -0.2) is 34.5 Å². The molecule has 1 aromatic heterocycles. The molecule has 3 N–H and O–H groups in total. The smallest absolute Gasteiger partial charge is 0.269 e. The quantitative estimate of drug-likeness (QED) is 0.414. The van der Waals surface area contributed by atoms with E-state index in [1.807, 2.05) is 0 Å². The largest absolute Gasteiger partial charge is 0.364 e. The van der Waals surface area contributed by atoms with Gasteiger partial charge in [-0.15, -0.1) is 11.5 Å². The standard InChI is InChI=1S/C8H10N6O/c1-3-4-14(2)13-12-8-6(7(9)15)10-5-11-8/h1,5H,4H2,2H3,(H2,9,15)(H,10,11)/b13-12-. The summed E-state index contributed by atoms with van der Waals surface area (Å²) in [5, 5.41) is 8.87. The van der Waals surface area contributed by atoms with Crippen molar-refractivity contribution in [1.82, 2.24) is 15.0 Å². The van der Waals surface area contributed by atoms with E-state index in [4.69, 9.17) is 12.2 Å². The summed E-state index contributed by atoms with van der Waals surface area (Å²) < 4.78 is 0. The van der Waals surface area contributed by atoms with Gasteiger partial charge in [-0.2, -0.15) is 0 Å². The number of aromatic nitrogens is 2. The molecule has 0 aliphatic heterocycles. The summed E-state index contributed by atoms with van der Waals surface area (Å²) >= 11 is 0. The molecule has 0 spiro atoms. The van der Waals surface area contributed by atoms with E-state index in [0.717, 1.165) is 0 Å². The van der Waals surface area contributed by atoms with Gasteiger partial charge in [-0.3, -0.25) is 9.80 Å². The molecule has 0 bridgehead atoms. The minimum absolute atomic E-state index is 0.118. The fourth-order valence-corrected chi connectivity index (χ4v) is 0.827. The fraction of sp³-hybridized carbons (Fsp3) is 0.250. The predicted molar refractivity (Wildman–Crippen MR) is 53.1 cm³/mol. The summed E-state index contributed by atoms with van der Waals surface area (Å²) in [7, 11) is 1.65. The molecule has 0 fully saturated rings. The summed E-state index contributed by atoms with van der Waals surface area (Å²) in [5.41, 5.74) is 5.18. The molecule has 15 heavy (non-hydrogen) atoms. The number of primary amides is 1. The third-order valence-corrected chi connectivity index (χ3v) is 1.48. The summed E-state index contributed by atoms with van der Waals surface area (Å²) in [6, 6.07) is 0. The van der Waals surface area contributed by atoms with Crippen LogP contribution in [0.5, 0.6) is 0 Å². The summed E-state index contributed by atoms with van der Waals surface area (Å²) in [5.74, 6) is 1.89. The van der Waals surface area contributed by atoms with E-state index in [0.29, 0.717) is 6.54 Å². The Bertz CT molecular complexity index is 415. The molecular formula is C8H10N6O. The number of nitrogens with one attached hydrogen (secondary N) is 1. The van der Waals surface area contributed by atoms with Crippen LogP contribution in [0.3, 0.4) is 0 Å². The molecule has 0 radical (unpaired) electrons. The maximum Gasteiger partial charge on any atom is 0.269 e. The number of amides is 1. The van der Waals surface area contributed by atoms with E-state index in [1.165, 1.54) is 11.3 Å². The van der Waals surface area contributed by atoms with Crippen molar-refractivity contribution in [2.75, 3.05) is 13.6 Å². The Morgan fingerprint density at radius 1 is 1.87 bits per heavy atom. The van der Waals surface area contributed by atoms with Gasteiger partial charge >= 0.3 is 0 Å². The van der Waals surface area contributed by atoms with Crippen molar-refractivity contribution in [3.63, 3.8) is 0 Å². The number of carbonyl (C=O) groups excluding carboxylic acids is 1. The van der Waals surface area contributed by atoms with Crippen molar-refractivity contribution in [3.05, 3.63) is 12.0 Å². The summed E-state index contributed by atoms with van der Waals surface area (Å²) in [6.07, 6.45) is 6.38. The molecule has 0 aromatic carbocycles. The van der Waals surface area contributed by atoms with Crippen LogP contribution in [0.25, 0.3) is 0 Å². The molecule has 0 aliphatic rings. The Morgan fingerprint density at radius 3 is 3.20 bits per heavy atom. The molecule has 7 nitrogen and oxygen atoms in total. The van der Waals surface area contributed by atoms with Crippen LogP contribution < -0.4 is 5.73 Å². The van der Waals surface area contributed by atoms with Crippen molar-refractivity contribution in [2.45, 2.75) is 0 Å². The van der Waals surface area contributed by atoms with Crippen LogP contribution >= 0.6 is 0 Å². The van der Waals surface area contributed by atoms with Crippen LogP contribution in [0.15, 0.2) is 16.7 Å². The van der Waals surface area contributed by atoms with Gasteiger partial charge in [0.05, 0.1) is 12.9 Å². The second-order valence-corrected chi connectivity index (χ2v) is 2.67. The van der Waals surface area contributed by atoms with Gasteiger partial charge in [0.25, 0.3) is 5.91 Å². The molecule has 0 unspecified atom stereocenters. The number of rotatable bonds is 4. The average Bonchev–Trinajstić information content (AvgIpc) is 2.63. The second kappa shape index (κ2) is 4.76. The lowest BCUT2D eigenvalue weighted by molar-refractivity contribution is 0.0996. The van der Waals surface area contributed by atoms with Crippen molar-refractivity contribution in [3.8, 4) is 12.3 Å². The molecular weight excluding hydrogens is 196 g/mol. The predicted octanol–water partition coefficient (Wildman–Crippen LogP) is 0.0723. The zero-order chi connectivity index (χ0) is 11.3. The van der Waals surface area contributed by atoms with E-state index in [-0.39, 0.29) is 11.5 Å². The zero-order valence-electron chi connectivity index (χ0n) is 8.14. The number of nitrogens with zero attached hydrogens (tertiary/aromatic N) is 4. The van der Waals surface area contributed by atoms with Gasteiger partial charge in [-0.25, -0.2) is 4.98 Å². The number of aromatic amines is 1. The van der Waals surface area contributed by atoms with Crippen molar-refractivity contribution < 1.29 is 4.79 Å². The van der Waals surface area contributed by atoms with E-state index in [9.17, 15) is 4.79 Å². The summed E-state index contributed by atoms with van der Waals surface area (Å²) in [6.45, 7) is 0.319.